The summed E-state index contributed by atoms with van der Waals surface area (Å²) >= 11 is 0. The normalized spacial score (nSPS) is 34.0. The molecule has 21 heavy (non-hydrogen) atoms. The second-order valence-corrected chi connectivity index (χ2v) is 7.41. The first kappa shape index (κ1) is 13.7. The summed E-state index contributed by atoms with van der Waals surface area (Å²) in [6.07, 6.45) is 14.2. The molecule has 1 aromatic heterocycles. The van der Waals surface area contributed by atoms with Gasteiger partial charge in [-0.05, 0) is 44.4 Å². The number of nitrogens with zero attached hydrogens (tertiary/aromatic N) is 2. The molecule has 2 unspecified atom stereocenters. The predicted octanol–water partition coefficient (Wildman–Crippen LogP) is 3.58. The number of aromatic nitrogens is 2. The smallest absolute Gasteiger partial charge is 0.226 e. The minimum atomic E-state index is 0.550. The summed E-state index contributed by atoms with van der Waals surface area (Å²) in [6, 6.07) is 1.50. The van der Waals surface area contributed by atoms with Crippen LogP contribution in [0, 0.1) is 5.92 Å². The average molecular weight is 289 g/mol. The highest BCUT2D eigenvalue weighted by Crippen LogP contribution is 2.33. The number of fused-ring (bicyclic) bond motifs is 2. The Morgan fingerprint density at radius 1 is 0.952 bits per heavy atom. The van der Waals surface area contributed by atoms with Gasteiger partial charge in [0.15, 0.2) is 5.82 Å². The molecule has 4 heteroatoms. The van der Waals surface area contributed by atoms with E-state index in [0.717, 1.165) is 36.1 Å². The van der Waals surface area contributed by atoms with Gasteiger partial charge in [0.2, 0.25) is 5.89 Å². The van der Waals surface area contributed by atoms with E-state index in [9.17, 15) is 0 Å². The molecule has 2 aliphatic heterocycles. The summed E-state index contributed by atoms with van der Waals surface area (Å²) in [6.45, 7) is 0. The fraction of sp³-hybridized carbons (Fsp3) is 0.882. The maximum Gasteiger partial charge on any atom is 0.226 e. The SMILES string of the molecule is C1CCCC(c2noc(CC3CC4CCC(C3)N4)n2)CC1. The molecule has 3 fully saturated rings. The van der Waals surface area contributed by atoms with Crippen LogP contribution in [0.15, 0.2) is 4.52 Å². The Morgan fingerprint density at radius 2 is 1.67 bits per heavy atom. The lowest BCUT2D eigenvalue weighted by Crippen LogP contribution is -2.38. The Morgan fingerprint density at radius 3 is 2.38 bits per heavy atom. The monoisotopic (exact) mass is 289 g/mol. The van der Waals surface area contributed by atoms with Gasteiger partial charge in [-0.3, -0.25) is 0 Å². The van der Waals surface area contributed by atoms with Gasteiger partial charge in [0.05, 0.1) is 0 Å². The van der Waals surface area contributed by atoms with Crippen LogP contribution in [0.2, 0.25) is 0 Å². The molecular formula is C17H27N3O. The zero-order valence-electron chi connectivity index (χ0n) is 12.9. The quantitative estimate of drug-likeness (QED) is 0.864. The van der Waals surface area contributed by atoms with Crippen molar-refractivity contribution < 1.29 is 4.52 Å². The Kier molecular flexibility index (Phi) is 3.97. The van der Waals surface area contributed by atoms with Crippen LogP contribution in [0.5, 0.6) is 0 Å². The van der Waals surface area contributed by atoms with E-state index >= 15 is 0 Å². The molecule has 2 bridgehead atoms. The highest BCUT2D eigenvalue weighted by Gasteiger charge is 2.34. The van der Waals surface area contributed by atoms with Gasteiger partial charge in [0, 0.05) is 24.4 Å². The average Bonchev–Trinajstić information content (AvgIpc) is 2.96. The third-order valence-corrected chi connectivity index (χ3v) is 5.74. The molecular weight excluding hydrogens is 262 g/mol. The van der Waals surface area contributed by atoms with Crippen molar-refractivity contribution in [1.82, 2.24) is 15.5 Å². The molecule has 116 valence electrons. The molecule has 3 heterocycles. The lowest BCUT2D eigenvalue weighted by Gasteiger charge is -2.28. The van der Waals surface area contributed by atoms with Crippen molar-refractivity contribution in [3.8, 4) is 0 Å². The topological polar surface area (TPSA) is 51.0 Å². The first-order valence-corrected chi connectivity index (χ1v) is 8.95. The van der Waals surface area contributed by atoms with E-state index in [1.54, 1.807) is 0 Å². The van der Waals surface area contributed by atoms with Crippen molar-refractivity contribution in [2.24, 2.45) is 5.92 Å². The van der Waals surface area contributed by atoms with Gasteiger partial charge in [0.1, 0.15) is 0 Å². The Labute approximate surface area is 127 Å². The molecule has 0 spiro atoms. The van der Waals surface area contributed by atoms with E-state index in [4.69, 9.17) is 9.51 Å². The highest BCUT2D eigenvalue weighted by atomic mass is 16.5. The molecule has 2 saturated heterocycles. The minimum absolute atomic E-state index is 0.550. The van der Waals surface area contributed by atoms with Crippen LogP contribution in [-0.2, 0) is 6.42 Å². The Balaban J connectivity index is 1.38. The summed E-state index contributed by atoms with van der Waals surface area (Å²) in [5.41, 5.74) is 0. The van der Waals surface area contributed by atoms with Crippen LogP contribution in [0.25, 0.3) is 0 Å². The minimum Gasteiger partial charge on any atom is -0.339 e. The van der Waals surface area contributed by atoms with Crippen LogP contribution >= 0.6 is 0 Å². The first-order chi connectivity index (χ1) is 10.4. The molecule has 0 amide bonds. The van der Waals surface area contributed by atoms with Crippen molar-refractivity contribution in [2.45, 2.75) is 88.6 Å². The maximum atomic E-state index is 5.57. The van der Waals surface area contributed by atoms with Crippen molar-refractivity contribution in [1.29, 1.82) is 0 Å². The second kappa shape index (κ2) is 6.07. The zero-order valence-corrected chi connectivity index (χ0v) is 12.9. The number of rotatable bonds is 3. The predicted molar refractivity (Wildman–Crippen MR) is 81.1 cm³/mol. The van der Waals surface area contributed by atoms with Crippen LogP contribution < -0.4 is 5.32 Å². The summed E-state index contributed by atoms with van der Waals surface area (Å²) in [5.74, 6) is 3.17. The highest BCUT2D eigenvalue weighted by molar-refractivity contribution is 4.99. The van der Waals surface area contributed by atoms with Gasteiger partial charge in [-0.2, -0.15) is 4.98 Å². The molecule has 2 atom stereocenters. The van der Waals surface area contributed by atoms with Crippen LogP contribution in [0.3, 0.4) is 0 Å². The number of hydrogen-bond donors (Lipinski definition) is 1. The molecule has 1 N–H and O–H groups in total. The van der Waals surface area contributed by atoms with Gasteiger partial charge >= 0.3 is 0 Å². The van der Waals surface area contributed by atoms with E-state index in [1.165, 1.54) is 64.2 Å². The number of nitrogens with one attached hydrogen (secondary N) is 1. The maximum absolute atomic E-state index is 5.57. The van der Waals surface area contributed by atoms with Gasteiger partial charge in [-0.25, -0.2) is 0 Å². The van der Waals surface area contributed by atoms with Crippen LogP contribution in [0.4, 0.5) is 0 Å². The molecule has 4 nitrogen and oxygen atoms in total. The van der Waals surface area contributed by atoms with Crippen molar-refractivity contribution in [3.05, 3.63) is 11.7 Å². The third kappa shape index (κ3) is 3.15. The third-order valence-electron chi connectivity index (χ3n) is 5.74. The van der Waals surface area contributed by atoms with Crippen molar-refractivity contribution >= 4 is 0 Å². The molecule has 4 rings (SSSR count). The van der Waals surface area contributed by atoms with Crippen molar-refractivity contribution in [3.63, 3.8) is 0 Å². The van der Waals surface area contributed by atoms with Crippen molar-refractivity contribution in [2.75, 3.05) is 0 Å². The molecule has 1 saturated carbocycles. The first-order valence-electron chi connectivity index (χ1n) is 8.95. The van der Waals surface area contributed by atoms with Gasteiger partial charge in [-0.15, -0.1) is 0 Å². The Bertz CT molecular complexity index is 452. The van der Waals surface area contributed by atoms with Crippen LogP contribution in [0.1, 0.15) is 81.8 Å². The van der Waals surface area contributed by atoms with E-state index in [0.29, 0.717) is 5.92 Å². The van der Waals surface area contributed by atoms with Gasteiger partial charge < -0.3 is 9.84 Å². The summed E-state index contributed by atoms with van der Waals surface area (Å²) in [7, 11) is 0. The summed E-state index contributed by atoms with van der Waals surface area (Å²) < 4.78 is 5.57. The molecule has 0 aromatic carbocycles. The van der Waals surface area contributed by atoms with E-state index in [-0.39, 0.29) is 0 Å². The van der Waals surface area contributed by atoms with Gasteiger partial charge in [0.25, 0.3) is 0 Å². The van der Waals surface area contributed by atoms with E-state index in [2.05, 4.69) is 10.5 Å². The fourth-order valence-corrected chi connectivity index (χ4v) is 4.64. The summed E-state index contributed by atoms with van der Waals surface area (Å²) in [4.78, 5) is 4.74. The zero-order chi connectivity index (χ0) is 14.1. The fourth-order valence-electron chi connectivity index (χ4n) is 4.64. The molecule has 3 aliphatic rings. The number of hydrogen-bond acceptors (Lipinski definition) is 4. The van der Waals surface area contributed by atoms with Crippen LogP contribution in [-0.4, -0.2) is 22.2 Å². The lowest BCUT2D eigenvalue weighted by molar-refractivity contribution is 0.270. The lowest BCUT2D eigenvalue weighted by atomic mass is 9.90. The molecule has 1 aromatic rings. The Hall–Kier alpha value is -0.900. The second-order valence-electron chi connectivity index (χ2n) is 7.41. The molecule has 1 aliphatic carbocycles. The van der Waals surface area contributed by atoms with Gasteiger partial charge in [-0.1, -0.05) is 30.8 Å². The molecule has 0 radical (unpaired) electrons. The van der Waals surface area contributed by atoms with E-state index in [1.807, 2.05) is 0 Å². The van der Waals surface area contributed by atoms with E-state index < -0.39 is 0 Å². The standard InChI is InChI=1S/C17H27N3O/c1-2-4-6-13(5-3-1)17-19-16(21-20-17)11-12-9-14-7-8-15(10-12)18-14/h12-15,18H,1-11H2. The summed E-state index contributed by atoms with van der Waals surface area (Å²) in [5, 5.41) is 8.00. The largest absolute Gasteiger partial charge is 0.339 e. The number of piperidine rings is 1.